The zero-order chi connectivity index (χ0) is 21.4. The van der Waals surface area contributed by atoms with Crippen molar-refractivity contribution in [3.8, 4) is 11.1 Å². The number of aromatic nitrogens is 4. The lowest BCUT2D eigenvalue weighted by atomic mass is 9.92. The van der Waals surface area contributed by atoms with Gasteiger partial charge in [-0.1, -0.05) is 18.2 Å². The molecule has 3 aromatic carbocycles. The van der Waals surface area contributed by atoms with Crippen LogP contribution in [0.4, 0.5) is 0 Å². The second-order valence-electron chi connectivity index (χ2n) is 8.61. The molecular weight excluding hydrogens is 392 g/mol. The van der Waals surface area contributed by atoms with E-state index in [-0.39, 0.29) is 0 Å². The summed E-state index contributed by atoms with van der Waals surface area (Å²) < 4.78 is 2.13. The molecule has 7 aromatic rings. The first-order chi connectivity index (χ1) is 15.7. The minimum absolute atomic E-state index is 0.970. The molecule has 152 valence electrons. The van der Waals surface area contributed by atoms with Gasteiger partial charge in [0.25, 0.3) is 0 Å². The van der Waals surface area contributed by atoms with Crippen molar-refractivity contribution in [3.05, 3.63) is 90.5 Å². The van der Waals surface area contributed by atoms with Crippen molar-refractivity contribution in [3.63, 3.8) is 0 Å². The predicted molar refractivity (Wildman–Crippen MR) is 132 cm³/mol. The maximum absolute atomic E-state index is 4.65. The lowest BCUT2D eigenvalue weighted by Gasteiger charge is -2.14. The van der Waals surface area contributed by atoms with E-state index in [4.69, 9.17) is 0 Å². The molecule has 4 heteroatoms. The van der Waals surface area contributed by atoms with Crippen LogP contribution in [0.3, 0.4) is 0 Å². The molecule has 32 heavy (non-hydrogen) atoms. The minimum atomic E-state index is 0.970. The number of aryl methyl sites for hydroxylation is 2. The Bertz CT molecular complexity index is 1850. The monoisotopic (exact) mass is 412 g/mol. The van der Waals surface area contributed by atoms with Crippen LogP contribution < -0.4 is 0 Å². The van der Waals surface area contributed by atoms with Gasteiger partial charge in [0.15, 0.2) is 0 Å². The predicted octanol–water partition coefficient (Wildman–Crippen LogP) is 6.95. The van der Waals surface area contributed by atoms with Crippen LogP contribution in [0.2, 0.25) is 0 Å². The summed E-state index contributed by atoms with van der Waals surface area (Å²) in [7, 11) is 0. The molecule has 0 radical (unpaired) electrons. The van der Waals surface area contributed by atoms with E-state index in [2.05, 4.69) is 87.8 Å². The molecule has 0 spiro atoms. The van der Waals surface area contributed by atoms with Gasteiger partial charge in [0.1, 0.15) is 5.65 Å². The number of nitrogens with one attached hydrogen (secondary N) is 1. The highest BCUT2D eigenvalue weighted by Crippen LogP contribution is 2.38. The van der Waals surface area contributed by atoms with Crippen LogP contribution in [0.15, 0.2) is 79.4 Å². The molecule has 7 rings (SSSR count). The first-order valence-corrected chi connectivity index (χ1v) is 10.8. The molecule has 0 atom stereocenters. The van der Waals surface area contributed by atoms with E-state index in [1.54, 1.807) is 0 Å². The third kappa shape index (κ3) is 2.26. The molecule has 0 aliphatic carbocycles. The van der Waals surface area contributed by atoms with Crippen molar-refractivity contribution in [1.82, 2.24) is 19.4 Å². The molecule has 4 aromatic heterocycles. The molecule has 0 amide bonds. The van der Waals surface area contributed by atoms with Crippen LogP contribution >= 0.6 is 0 Å². The maximum atomic E-state index is 4.65. The van der Waals surface area contributed by atoms with E-state index in [0.29, 0.717) is 0 Å². The molecule has 0 fully saturated rings. The van der Waals surface area contributed by atoms with Crippen LogP contribution in [0.5, 0.6) is 0 Å². The zero-order valence-electron chi connectivity index (χ0n) is 17.8. The molecule has 1 N–H and O–H groups in total. The van der Waals surface area contributed by atoms with Gasteiger partial charge in [0.2, 0.25) is 0 Å². The van der Waals surface area contributed by atoms with E-state index >= 15 is 0 Å². The van der Waals surface area contributed by atoms with Gasteiger partial charge in [-0.3, -0.25) is 9.38 Å². The summed E-state index contributed by atoms with van der Waals surface area (Å²) in [5.74, 6) is 0. The van der Waals surface area contributed by atoms with Gasteiger partial charge in [0, 0.05) is 51.2 Å². The summed E-state index contributed by atoms with van der Waals surface area (Å²) in [6, 6.07) is 19.8. The summed E-state index contributed by atoms with van der Waals surface area (Å²) in [4.78, 5) is 12.6. The third-order valence-electron chi connectivity index (χ3n) is 6.74. The van der Waals surface area contributed by atoms with Crippen LogP contribution in [0, 0.1) is 13.8 Å². The first kappa shape index (κ1) is 17.5. The van der Waals surface area contributed by atoms with Gasteiger partial charge in [-0.2, -0.15) is 0 Å². The van der Waals surface area contributed by atoms with Gasteiger partial charge < -0.3 is 4.98 Å². The summed E-state index contributed by atoms with van der Waals surface area (Å²) in [5, 5.41) is 6.10. The average molecular weight is 412 g/mol. The average Bonchev–Trinajstić information content (AvgIpc) is 3.44. The van der Waals surface area contributed by atoms with Gasteiger partial charge in [-0.05, 0) is 77.9 Å². The minimum Gasteiger partial charge on any atom is -0.354 e. The zero-order valence-corrected chi connectivity index (χ0v) is 17.8. The number of imidazole rings is 1. The van der Waals surface area contributed by atoms with Crippen LogP contribution in [-0.2, 0) is 0 Å². The molecular formula is C28H20N4. The lowest BCUT2D eigenvalue weighted by Crippen LogP contribution is -1.94. The number of fused-ring (bicyclic) bond motifs is 9. The van der Waals surface area contributed by atoms with Crippen molar-refractivity contribution in [2.24, 2.45) is 0 Å². The van der Waals surface area contributed by atoms with E-state index in [1.807, 2.05) is 24.8 Å². The van der Waals surface area contributed by atoms with E-state index < -0.39 is 0 Å². The number of hydrogen-bond donors (Lipinski definition) is 1. The maximum Gasteiger partial charge on any atom is 0.145 e. The Hall–Kier alpha value is -4.18. The Labute approximate surface area is 184 Å². The van der Waals surface area contributed by atoms with Gasteiger partial charge in [-0.25, -0.2) is 4.98 Å². The molecule has 0 saturated carbocycles. The summed E-state index contributed by atoms with van der Waals surface area (Å²) >= 11 is 0. The van der Waals surface area contributed by atoms with Crippen LogP contribution in [-0.4, -0.2) is 19.4 Å². The largest absolute Gasteiger partial charge is 0.354 e. The molecule has 0 saturated heterocycles. The van der Waals surface area contributed by atoms with Crippen LogP contribution in [0.25, 0.3) is 60.3 Å². The Kier molecular flexibility index (Phi) is 3.37. The van der Waals surface area contributed by atoms with E-state index in [1.165, 1.54) is 60.2 Å². The molecule has 4 heterocycles. The second kappa shape index (κ2) is 6.17. The van der Waals surface area contributed by atoms with Crippen molar-refractivity contribution >= 4 is 49.1 Å². The highest BCUT2D eigenvalue weighted by Gasteiger charge is 2.15. The summed E-state index contributed by atoms with van der Waals surface area (Å²) in [5.41, 5.74) is 9.42. The molecule has 0 aliphatic heterocycles. The summed E-state index contributed by atoms with van der Waals surface area (Å²) in [6.07, 6.45) is 7.66. The fourth-order valence-electron chi connectivity index (χ4n) is 5.21. The molecule has 0 aliphatic rings. The fraction of sp³-hybridized carbons (Fsp3) is 0.0714. The highest BCUT2D eigenvalue weighted by molar-refractivity contribution is 6.14. The SMILES string of the molecule is Cc1cc2c(cc1-c1cc3c4ccncc4n4ccnc4c3cc1C)[nH]c1ccccc12. The Morgan fingerprint density at radius 1 is 0.719 bits per heavy atom. The number of hydrogen-bond acceptors (Lipinski definition) is 2. The number of rotatable bonds is 1. The molecule has 0 bridgehead atoms. The van der Waals surface area contributed by atoms with Crippen LogP contribution in [0.1, 0.15) is 11.1 Å². The number of benzene rings is 3. The smallest absolute Gasteiger partial charge is 0.145 e. The quantitative estimate of drug-likeness (QED) is 0.296. The van der Waals surface area contributed by atoms with Gasteiger partial charge >= 0.3 is 0 Å². The fourth-order valence-corrected chi connectivity index (χ4v) is 5.21. The van der Waals surface area contributed by atoms with E-state index in [9.17, 15) is 0 Å². The van der Waals surface area contributed by atoms with Crippen molar-refractivity contribution in [2.75, 3.05) is 0 Å². The first-order valence-electron chi connectivity index (χ1n) is 10.8. The van der Waals surface area contributed by atoms with Gasteiger partial charge in [0.05, 0.1) is 11.7 Å². The lowest BCUT2D eigenvalue weighted by molar-refractivity contribution is 1.24. The van der Waals surface area contributed by atoms with Crippen molar-refractivity contribution in [1.29, 1.82) is 0 Å². The Morgan fingerprint density at radius 3 is 2.44 bits per heavy atom. The number of para-hydroxylation sites is 1. The Morgan fingerprint density at radius 2 is 1.53 bits per heavy atom. The summed E-state index contributed by atoms with van der Waals surface area (Å²) in [6.45, 7) is 4.40. The number of pyridine rings is 2. The molecule has 0 unspecified atom stereocenters. The van der Waals surface area contributed by atoms with Crippen molar-refractivity contribution in [2.45, 2.75) is 13.8 Å². The van der Waals surface area contributed by atoms with E-state index in [0.717, 1.165) is 11.2 Å². The number of H-pyrrole nitrogens is 1. The normalized spacial score (nSPS) is 12.1. The van der Waals surface area contributed by atoms with Crippen molar-refractivity contribution < 1.29 is 0 Å². The standard InChI is InChI=1S/C28H20N4/c1-16-11-23-18-5-3-4-6-25(18)31-26(23)14-21(16)20-13-22-19-7-8-29-15-27(19)32-10-9-30-28(32)24(22)12-17(20)2/h3-15,31H,1-2H3. The number of aromatic amines is 1. The number of nitrogens with zero attached hydrogens (tertiary/aromatic N) is 3. The van der Waals surface area contributed by atoms with Gasteiger partial charge in [-0.15, -0.1) is 0 Å². The Balaban J connectivity index is 1.58. The third-order valence-corrected chi connectivity index (χ3v) is 6.74. The molecule has 4 nitrogen and oxygen atoms in total. The topological polar surface area (TPSA) is 46.0 Å². The second-order valence-corrected chi connectivity index (χ2v) is 8.61. The highest BCUT2D eigenvalue weighted by atomic mass is 15.0.